The number of para-hydroxylation sites is 1. The summed E-state index contributed by atoms with van der Waals surface area (Å²) < 4.78 is 13.6. The number of carbonyl (C=O) groups excluding carboxylic acids is 1. The molecule has 0 aliphatic carbocycles. The van der Waals surface area contributed by atoms with Crippen LogP contribution in [-0.2, 0) is 7.05 Å². The van der Waals surface area contributed by atoms with E-state index < -0.39 is 0 Å². The van der Waals surface area contributed by atoms with Crippen molar-refractivity contribution in [3.8, 4) is 11.5 Å². The van der Waals surface area contributed by atoms with E-state index in [4.69, 9.17) is 9.47 Å². The Morgan fingerprint density at radius 2 is 2.04 bits per heavy atom. The van der Waals surface area contributed by atoms with Crippen molar-refractivity contribution >= 4 is 27.5 Å². The van der Waals surface area contributed by atoms with Crippen LogP contribution in [0.4, 0.5) is 0 Å². The molecule has 1 N–H and O–H groups in total. The number of hydrogen-bond donors (Lipinski definition) is 1. The maximum absolute atomic E-state index is 12.2. The number of fused-ring (bicyclic) bond motifs is 2. The van der Waals surface area contributed by atoms with Crippen molar-refractivity contribution in [2.45, 2.75) is 0 Å². The van der Waals surface area contributed by atoms with Crippen molar-refractivity contribution in [2.75, 3.05) is 6.79 Å². The molecule has 3 aromatic rings. The fourth-order valence-electron chi connectivity index (χ4n) is 2.39. The lowest BCUT2D eigenvalue weighted by Gasteiger charge is -2.01. The van der Waals surface area contributed by atoms with E-state index in [0.29, 0.717) is 17.1 Å². The molecule has 0 spiro atoms. The van der Waals surface area contributed by atoms with Crippen LogP contribution >= 0.6 is 11.3 Å². The van der Waals surface area contributed by atoms with E-state index in [-0.39, 0.29) is 12.7 Å². The summed E-state index contributed by atoms with van der Waals surface area (Å²) in [5.74, 6) is 0.931. The van der Waals surface area contributed by atoms with Crippen molar-refractivity contribution in [3.63, 3.8) is 0 Å². The van der Waals surface area contributed by atoms with Crippen LogP contribution in [0, 0.1) is 0 Å². The minimum atomic E-state index is -0.291. The Hall–Kier alpha value is -2.80. The predicted octanol–water partition coefficient (Wildman–Crippen LogP) is 2.21. The molecule has 1 aliphatic rings. The van der Waals surface area contributed by atoms with Crippen LogP contribution in [0.2, 0.25) is 0 Å². The average molecular weight is 327 g/mol. The molecule has 0 atom stereocenters. The number of nitrogens with one attached hydrogen (secondary N) is 1. The Kier molecular flexibility index (Phi) is 3.27. The molecule has 116 valence electrons. The third-order valence-corrected chi connectivity index (χ3v) is 4.72. The summed E-state index contributed by atoms with van der Waals surface area (Å²) in [6.45, 7) is 0.183. The second kappa shape index (κ2) is 5.44. The summed E-state index contributed by atoms with van der Waals surface area (Å²) in [5.41, 5.74) is 4.14. The monoisotopic (exact) mass is 327 g/mol. The molecule has 1 aromatic heterocycles. The highest BCUT2D eigenvalue weighted by molar-refractivity contribution is 7.16. The topological polar surface area (TPSA) is 64.9 Å². The summed E-state index contributed by atoms with van der Waals surface area (Å²) in [6.07, 6.45) is 0. The number of carbonyl (C=O) groups is 1. The highest BCUT2D eigenvalue weighted by Gasteiger charge is 2.16. The van der Waals surface area contributed by atoms with Gasteiger partial charge in [-0.2, -0.15) is 0 Å². The largest absolute Gasteiger partial charge is 0.454 e. The summed E-state index contributed by atoms with van der Waals surface area (Å²) in [6, 6.07) is 13.1. The van der Waals surface area contributed by atoms with Crippen LogP contribution in [0.5, 0.6) is 11.5 Å². The van der Waals surface area contributed by atoms with Crippen LogP contribution < -0.4 is 19.7 Å². The Labute approximate surface area is 135 Å². The van der Waals surface area contributed by atoms with Crippen LogP contribution in [0.3, 0.4) is 0 Å². The Morgan fingerprint density at radius 1 is 1.22 bits per heavy atom. The molecule has 4 rings (SSSR count). The third kappa shape index (κ3) is 2.44. The Bertz CT molecular complexity index is 974. The van der Waals surface area contributed by atoms with E-state index in [9.17, 15) is 4.79 Å². The summed E-state index contributed by atoms with van der Waals surface area (Å²) >= 11 is 1.52. The molecule has 0 saturated heterocycles. The zero-order valence-electron chi connectivity index (χ0n) is 12.3. The zero-order valence-corrected chi connectivity index (χ0v) is 13.1. The van der Waals surface area contributed by atoms with Gasteiger partial charge < -0.3 is 14.0 Å². The molecule has 1 aliphatic heterocycles. The molecule has 0 bridgehead atoms. The van der Waals surface area contributed by atoms with Crippen LogP contribution in [-0.4, -0.2) is 17.3 Å². The van der Waals surface area contributed by atoms with Gasteiger partial charge in [-0.3, -0.25) is 4.79 Å². The smallest absolute Gasteiger partial charge is 0.271 e. The number of benzene rings is 2. The maximum Gasteiger partial charge on any atom is 0.271 e. The first-order valence-corrected chi connectivity index (χ1v) is 7.82. The summed E-state index contributed by atoms with van der Waals surface area (Å²) in [5, 5.41) is 4.22. The molecule has 0 radical (unpaired) electrons. The molecule has 23 heavy (non-hydrogen) atoms. The molecule has 0 saturated carbocycles. The standard InChI is InChI=1S/C16H13N3O3S/c1-19-11-4-2-3-5-14(11)23-16(19)18-17-15(20)10-6-7-12-13(8-10)22-9-21-12/h2-8H,9H2,1H3,(H,17,20)/b18-16-. The Morgan fingerprint density at radius 3 is 2.91 bits per heavy atom. The molecular formula is C16H13N3O3S. The summed E-state index contributed by atoms with van der Waals surface area (Å²) in [7, 11) is 1.92. The number of aryl methyl sites for hydroxylation is 1. The number of ether oxygens (including phenoxy) is 2. The quantitative estimate of drug-likeness (QED) is 0.734. The van der Waals surface area contributed by atoms with E-state index in [1.165, 1.54) is 11.3 Å². The first-order valence-electron chi connectivity index (χ1n) is 7.00. The average Bonchev–Trinajstić information content (AvgIpc) is 3.17. The van der Waals surface area contributed by atoms with Crippen molar-refractivity contribution in [1.29, 1.82) is 0 Å². The van der Waals surface area contributed by atoms with Gasteiger partial charge in [-0.25, -0.2) is 5.43 Å². The second-order valence-electron chi connectivity index (χ2n) is 5.03. The molecule has 6 nitrogen and oxygen atoms in total. The van der Waals surface area contributed by atoms with Gasteiger partial charge in [0.1, 0.15) is 0 Å². The van der Waals surface area contributed by atoms with Crippen LogP contribution in [0.25, 0.3) is 10.2 Å². The molecule has 1 amide bonds. The molecule has 0 unspecified atom stereocenters. The lowest BCUT2D eigenvalue weighted by molar-refractivity contribution is 0.0952. The fourth-order valence-corrected chi connectivity index (χ4v) is 3.37. The number of nitrogens with zero attached hydrogens (tertiary/aromatic N) is 2. The molecule has 0 fully saturated rings. The van der Waals surface area contributed by atoms with Crippen LogP contribution in [0.15, 0.2) is 47.6 Å². The minimum absolute atomic E-state index is 0.183. The molecule has 2 aromatic carbocycles. The Balaban J connectivity index is 1.62. The normalized spacial score (nSPS) is 13.5. The van der Waals surface area contributed by atoms with Gasteiger partial charge in [-0.05, 0) is 30.3 Å². The van der Waals surface area contributed by atoms with E-state index in [0.717, 1.165) is 15.0 Å². The SMILES string of the molecule is Cn1/c(=N/NC(=O)c2ccc3c(c2)OCO3)sc2ccccc21. The fraction of sp³-hybridized carbons (Fsp3) is 0.125. The lowest BCUT2D eigenvalue weighted by Crippen LogP contribution is -2.23. The van der Waals surface area contributed by atoms with E-state index in [2.05, 4.69) is 10.5 Å². The number of thiazole rings is 1. The lowest BCUT2D eigenvalue weighted by atomic mass is 10.2. The first-order chi connectivity index (χ1) is 11.2. The van der Waals surface area contributed by atoms with E-state index in [1.807, 2.05) is 35.9 Å². The number of hydrogen-bond acceptors (Lipinski definition) is 5. The number of amides is 1. The zero-order chi connectivity index (χ0) is 15.8. The highest BCUT2D eigenvalue weighted by atomic mass is 32.1. The molecule has 2 heterocycles. The summed E-state index contributed by atoms with van der Waals surface area (Å²) in [4.78, 5) is 13.0. The van der Waals surface area contributed by atoms with Gasteiger partial charge in [-0.1, -0.05) is 23.5 Å². The minimum Gasteiger partial charge on any atom is -0.454 e. The van der Waals surface area contributed by atoms with Gasteiger partial charge in [0.2, 0.25) is 11.6 Å². The second-order valence-corrected chi connectivity index (χ2v) is 6.04. The van der Waals surface area contributed by atoms with Gasteiger partial charge in [0.25, 0.3) is 5.91 Å². The number of aromatic nitrogens is 1. The van der Waals surface area contributed by atoms with Gasteiger partial charge >= 0.3 is 0 Å². The molecular weight excluding hydrogens is 314 g/mol. The van der Waals surface area contributed by atoms with E-state index >= 15 is 0 Å². The highest BCUT2D eigenvalue weighted by Crippen LogP contribution is 2.32. The van der Waals surface area contributed by atoms with Gasteiger partial charge in [-0.15, -0.1) is 5.10 Å². The number of rotatable bonds is 2. The van der Waals surface area contributed by atoms with Gasteiger partial charge in [0.15, 0.2) is 11.5 Å². The molecule has 7 heteroatoms. The third-order valence-electron chi connectivity index (χ3n) is 3.60. The van der Waals surface area contributed by atoms with Crippen molar-refractivity contribution in [3.05, 3.63) is 52.8 Å². The van der Waals surface area contributed by atoms with Crippen LogP contribution in [0.1, 0.15) is 10.4 Å². The van der Waals surface area contributed by atoms with E-state index in [1.54, 1.807) is 18.2 Å². The van der Waals surface area contributed by atoms with Crippen molar-refractivity contribution in [2.24, 2.45) is 12.1 Å². The van der Waals surface area contributed by atoms with Gasteiger partial charge in [0.05, 0.1) is 10.2 Å². The first kappa shape index (κ1) is 13.8. The maximum atomic E-state index is 12.2. The van der Waals surface area contributed by atoms with Crippen molar-refractivity contribution in [1.82, 2.24) is 9.99 Å². The van der Waals surface area contributed by atoms with Gasteiger partial charge in [0, 0.05) is 12.6 Å². The predicted molar refractivity (Wildman–Crippen MR) is 86.4 cm³/mol. The van der Waals surface area contributed by atoms with Crippen molar-refractivity contribution < 1.29 is 14.3 Å².